The number of anilines is 1. The Morgan fingerprint density at radius 2 is 1.70 bits per heavy atom. The van der Waals surface area contributed by atoms with E-state index in [2.05, 4.69) is 35.6 Å². The molecule has 3 aromatic carbocycles. The molecule has 1 amide bonds. The summed E-state index contributed by atoms with van der Waals surface area (Å²) in [6.07, 6.45) is 0. The minimum Gasteiger partial charge on any atom is -0.325 e. The molecule has 0 aliphatic heterocycles. The van der Waals surface area contributed by atoms with Gasteiger partial charge in [-0.15, -0.1) is 11.8 Å². The first-order valence-electron chi connectivity index (χ1n) is 7.32. The van der Waals surface area contributed by atoms with E-state index < -0.39 is 0 Å². The fraction of sp³-hybridized carbons (Fsp3) is 0.105. The molecule has 1 N–H and O–H groups in total. The molecule has 0 unspecified atom stereocenters. The highest BCUT2D eigenvalue weighted by atomic mass is 35.5. The maximum Gasteiger partial charge on any atom is 0.234 e. The Labute approximate surface area is 144 Å². The minimum absolute atomic E-state index is 0.00226. The maximum absolute atomic E-state index is 12.0. The number of nitrogens with one attached hydrogen (secondary N) is 1. The van der Waals surface area contributed by atoms with Crippen molar-refractivity contribution in [2.75, 3.05) is 11.1 Å². The monoisotopic (exact) mass is 341 g/mol. The van der Waals surface area contributed by atoms with Gasteiger partial charge in [0.05, 0.1) is 5.75 Å². The Morgan fingerprint density at radius 1 is 0.957 bits per heavy atom. The van der Waals surface area contributed by atoms with Crippen LogP contribution in [0.3, 0.4) is 0 Å². The highest BCUT2D eigenvalue weighted by Gasteiger charge is 2.05. The SMILES string of the molecule is O=C(CSCc1cccc2ccccc12)Nc1ccc(Cl)cc1. The molecular formula is C19H16ClNOS. The van der Waals surface area contributed by atoms with Crippen LogP contribution in [0.25, 0.3) is 10.8 Å². The van der Waals surface area contributed by atoms with Gasteiger partial charge in [0.15, 0.2) is 0 Å². The summed E-state index contributed by atoms with van der Waals surface area (Å²) in [4.78, 5) is 12.0. The lowest BCUT2D eigenvalue weighted by Gasteiger charge is -2.07. The van der Waals surface area contributed by atoms with Crippen LogP contribution in [0, 0.1) is 0 Å². The number of halogens is 1. The van der Waals surface area contributed by atoms with Crippen LogP contribution < -0.4 is 5.32 Å². The van der Waals surface area contributed by atoms with Crippen LogP contribution in [-0.4, -0.2) is 11.7 Å². The van der Waals surface area contributed by atoms with Crippen LogP contribution in [0.15, 0.2) is 66.7 Å². The standard InChI is InChI=1S/C19H16ClNOS/c20-16-8-10-17(11-9-16)21-19(22)13-23-12-15-6-3-5-14-4-1-2-7-18(14)15/h1-11H,12-13H2,(H,21,22). The molecule has 3 rings (SSSR count). The van der Waals surface area contributed by atoms with Crippen molar-refractivity contribution in [2.24, 2.45) is 0 Å². The maximum atomic E-state index is 12.0. The summed E-state index contributed by atoms with van der Waals surface area (Å²) in [7, 11) is 0. The van der Waals surface area contributed by atoms with Gasteiger partial charge in [-0.2, -0.15) is 0 Å². The summed E-state index contributed by atoms with van der Waals surface area (Å²) >= 11 is 7.44. The second-order valence-corrected chi connectivity index (χ2v) is 6.61. The van der Waals surface area contributed by atoms with Crippen molar-refractivity contribution >= 4 is 45.7 Å². The Kier molecular flexibility index (Phi) is 5.21. The molecular weight excluding hydrogens is 326 g/mol. The topological polar surface area (TPSA) is 29.1 Å². The zero-order chi connectivity index (χ0) is 16.1. The zero-order valence-corrected chi connectivity index (χ0v) is 14.0. The average molecular weight is 342 g/mol. The van der Waals surface area contributed by atoms with Crippen molar-refractivity contribution < 1.29 is 4.79 Å². The molecule has 116 valence electrons. The number of carbonyl (C=O) groups is 1. The first-order valence-corrected chi connectivity index (χ1v) is 8.85. The van der Waals surface area contributed by atoms with Gasteiger partial charge in [-0.3, -0.25) is 4.79 Å². The third-order valence-corrected chi connectivity index (χ3v) is 4.73. The van der Waals surface area contributed by atoms with E-state index in [-0.39, 0.29) is 5.91 Å². The summed E-state index contributed by atoms with van der Waals surface area (Å²) in [5, 5.41) is 6.02. The molecule has 0 saturated carbocycles. The number of hydrogen-bond acceptors (Lipinski definition) is 2. The summed E-state index contributed by atoms with van der Waals surface area (Å²) in [5.74, 6) is 1.24. The quantitative estimate of drug-likeness (QED) is 0.676. The number of amides is 1. The number of hydrogen-bond donors (Lipinski definition) is 1. The van der Waals surface area contributed by atoms with E-state index in [0.717, 1.165) is 11.4 Å². The molecule has 0 saturated heterocycles. The molecule has 0 bridgehead atoms. The summed E-state index contributed by atoms with van der Waals surface area (Å²) < 4.78 is 0. The lowest BCUT2D eigenvalue weighted by Crippen LogP contribution is -2.14. The van der Waals surface area contributed by atoms with Crippen LogP contribution in [0.1, 0.15) is 5.56 Å². The molecule has 0 fully saturated rings. The van der Waals surface area contributed by atoms with Crippen molar-refractivity contribution in [1.29, 1.82) is 0 Å². The fourth-order valence-corrected chi connectivity index (χ4v) is 3.36. The molecule has 3 aromatic rings. The molecule has 0 radical (unpaired) electrons. The van der Waals surface area contributed by atoms with Gasteiger partial charge in [0.2, 0.25) is 5.91 Å². The fourth-order valence-electron chi connectivity index (χ4n) is 2.40. The molecule has 23 heavy (non-hydrogen) atoms. The number of benzene rings is 3. The van der Waals surface area contributed by atoms with Crippen molar-refractivity contribution in [2.45, 2.75) is 5.75 Å². The van der Waals surface area contributed by atoms with Gasteiger partial charge in [-0.25, -0.2) is 0 Å². The lowest BCUT2D eigenvalue weighted by molar-refractivity contribution is -0.113. The molecule has 2 nitrogen and oxygen atoms in total. The van der Waals surface area contributed by atoms with Gasteiger partial charge < -0.3 is 5.32 Å². The second-order valence-electron chi connectivity index (χ2n) is 5.19. The van der Waals surface area contributed by atoms with Gasteiger partial charge in [0.1, 0.15) is 0 Å². The van der Waals surface area contributed by atoms with E-state index in [1.807, 2.05) is 12.1 Å². The summed E-state index contributed by atoms with van der Waals surface area (Å²) in [6.45, 7) is 0. The van der Waals surface area contributed by atoms with E-state index >= 15 is 0 Å². The van der Waals surface area contributed by atoms with Gasteiger partial charge in [-0.1, -0.05) is 54.1 Å². The average Bonchev–Trinajstić information content (AvgIpc) is 2.57. The van der Waals surface area contributed by atoms with Gasteiger partial charge in [0, 0.05) is 16.5 Å². The Hall–Kier alpha value is -1.97. The van der Waals surface area contributed by atoms with Gasteiger partial charge >= 0.3 is 0 Å². The Morgan fingerprint density at radius 3 is 2.52 bits per heavy atom. The first kappa shape index (κ1) is 15.9. The zero-order valence-electron chi connectivity index (χ0n) is 12.5. The van der Waals surface area contributed by atoms with E-state index in [1.165, 1.54) is 16.3 Å². The van der Waals surface area contributed by atoms with E-state index in [1.54, 1.807) is 36.0 Å². The Bertz CT molecular complexity index is 812. The first-order chi connectivity index (χ1) is 11.2. The molecule has 0 aromatic heterocycles. The van der Waals surface area contributed by atoms with Crippen molar-refractivity contribution in [3.8, 4) is 0 Å². The van der Waals surface area contributed by atoms with Crippen LogP contribution in [0.2, 0.25) is 5.02 Å². The van der Waals surface area contributed by atoms with E-state index in [9.17, 15) is 4.79 Å². The minimum atomic E-state index is -0.00226. The largest absolute Gasteiger partial charge is 0.325 e. The van der Waals surface area contributed by atoms with Gasteiger partial charge in [-0.05, 0) is 40.6 Å². The third kappa shape index (κ3) is 4.27. The molecule has 0 aliphatic rings. The van der Waals surface area contributed by atoms with Crippen molar-refractivity contribution in [3.05, 3.63) is 77.3 Å². The lowest BCUT2D eigenvalue weighted by atomic mass is 10.1. The van der Waals surface area contributed by atoms with Gasteiger partial charge in [0.25, 0.3) is 0 Å². The number of thioether (sulfide) groups is 1. The molecule has 4 heteroatoms. The van der Waals surface area contributed by atoms with Crippen LogP contribution in [0.4, 0.5) is 5.69 Å². The molecule has 0 atom stereocenters. The van der Waals surface area contributed by atoms with Crippen LogP contribution in [-0.2, 0) is 10.5 Å². The molecule has 0 aliphatic carbocycles. The normalized spacial score (nSPS) is 10.7. The number of carbonyl (C=O) groups excluding carboxylic acids is 1. The van der Waals surface area contributed by atoms with E-state index in [0.29, 0.717) is 10.8 Å². The van der Waals surface area contributed by atoms with Crippen molar-refractivity contribution in [1.82, 2.24) is 0 Å². The Balaban J connectivity index is 1.56. The highest BCUT2D eigenvalue weighted by molar-refractivity contribution is 7.99. The number of fused-ring (bicyclic) bond motifs is 1. The van der Waals surface area contributed by atoms with Crippen LogP contribution >= 0.6 is 23.4 Å². The summed E-state index contributed by atoms with van der Waals surface area (Å²) in [5.41, 5.74) is 2.03. The highest BCUT2D eigenvalue weighted by Crippen LogP contribution is 2.23. The number of rotatable bonds is 5. The molecule has 0 heterocycles. The third-order valence-electron chi connectivity index (χ3n) is 3.50. The van der Waals surface area contributed by atoms with Crippen molar-refractivity contribution in [3.63, 3.8) is 0 Å². The molecule has 0 spiro atoms. The summed E-state index contributed by atoms with van der Waals surface area (Å²) in [6, 6.07) is 21.7. The van der Waals surface area contributed by atoms with E-state index in [4.69, 9.17) is 11.6 Å². The second kappa shape index (κ2) is 7.53. The predicted molar refractivity (Wildman–Crippen MR) is 100 cm³/mol. The van der Waals surface area contributed by atoms with Crippen LogP contribution in [0.5, 0.6) is 0 Å². The smallest absolute Gasteiger partial charge is 0.234 e. The predicted octanol–water partition coefficient (Wildman–Crippen LogP) is 5.37.